The van der Waals surface area contributed by atoms with Gasteiger partial charge in [0.2, 0.25) is 0 Å². The molecule has 1 aliphatic rings. The molecule has 1 fully saturated rings. The highest BCUT2D eigenvalue weighted by Crippen LogP contribution is 2.23. The molecular formula is C14H13FN2O3. The number of carbonyl (C=O) groups excluding carboxylic acids is 1. The minimum absolute atomic E-state index is 0.210. The summed E-state index contributed by atoms with van der Waals surface area (Å²) in [5.74, 6) is -0.783. The van der Waals surface area contributed by atoms with Gasteiger partial charge in [0.15, 0.2) is 0 Å². The van der Waals surface area contributed by atoms with Gasteiger partial charge in [0.1, 0.15) is 17.5 Å². The lowest BCUT2D eigenvalue weighted by molar-refractivity contribution is 0.0271. The standard InChI is InChI=1S/C14H13FN2O3/c15-10-3-1-9(2-4-10)13-12(7-16-17-13)14(18)20-11-5-6-19-8-11/h1-4,7,11H,5-6,8H2,(H,16,17)/t11-/m0/s1. The molecule has 1 N–H and O–H groups in total. The van der Waals surface area contributed by atoms with E-state index >= 15 is 0 Å². The summed E-state index contributed by atoms with van der Waals surface area (Å²) >= 11 is 0. The van der Waals surface area contributed by atoms with Crippen molar-refractivity contribution in [1.82, 2.24) is 10.2 Å². The molecule has 1 aromatic carbocycles. The maximum absolute atomic E-state index is 12.9. The van der Waals surface area contributed by atoms with Crippen molar-refractivity contribution in [2.45, 2.75) is 12.5 Å². The third-order valence-corrected chi connectivity index (χ3v) is 3.15. The summed E-state index contributed by atoms with van der Waals surface area (Å²) in [7, 11) is 0. The third kappa shape index (κ3) is 2.55. The summed E-state index contributed by atoms with van der Waals surface area (Å²) < 4.78 is 23.4. The number of aromatic nitrogens is 2. The van der Waals surface area contributed by atoms with Gasteiger partial charge in [0.05, 0.1) is 25.1 Å². The van der Waals surface area contributed by atoms with Crippen LogP contribution in [0.1, 0.15) is 16.8 Å². The first-order valence-corrected chi connectivity index (χ1v) is 6.32. The van der Waals surface area contributed by atoms with E-state index in [1.54, 1.807) is 12.1 Å². The van der Waals surface area contributed by atoms with Gasteiger partial charge in [-0.05, 0) is 24.3 Å². The molecular weight excluding hydrogens is 263 g/mol. The van der Waals surface area contributed by atoms with Crippen LogP contribution in [0.4, 0.5) is 4.39 Å². The van der Waals surface area contributed by atoms with Gasteiger partial charge in [-0.3, -0.25) is 5.10 Å². The van der Waals surface area contributed by atoms with Crippen LogP contribution in [-0.2, 0) is 9.47 Å². The number of H-pyrrole nitrogens is 1. The van der Waals surface area contributed by atoms with Gasteiger partial charge in [-0.25, -0.2) is 9.18 Å². The van der Waals surface area contributed by atoms with Crippen LogP contribution in [0, 0.1) is 5.82 Å². The Labute approximate surface area is 114 Å². The molecule has 3 rings (SSSR count). The normalized spacial score (nSPS) is 18.1. The fourth-order valence-corrected chi connectivity index (χ4v) is 2.10. The first-order valence-electron chi connectivity index (χ1n) is 6.32. The molecule has 1 aliphatic heterocycles. The first-order chi connectivity index (χ1) is 9.74. The van der Waals surface area contributed by atoms with Crippen LogP contribution < -0.4 is 0 Å². The van der Waals surface area contributed by atoms with Crippen molar-refractivity contribution in [3.8, 4) is 11.3 Å². The van der Waals surface area contributed by atoms with Crippen LogP contribution in [0.15, 0.2) is 30.5 Å². The molecule has 1 aromatic heterocycles. The number of nitrogens with zero attached hydrogens (tertiary/aromatic N) is 1. The molecule has 0 bridgehead atoms. The van der Waals surface area contributed by atoms with Gasteiger partial charge >= 0.3 is 5.97 Å². The number of esters is 1. The van der Waals surface area contributed by atoms with Crippen LogP contribution in [0.5, 0.6) is 0 Å². The Kier molecular flexibility index (Phi) is 3.47. The van der Waals surface area contributed by atoms with E-state index in [2.05, 4.69) is 10.2 Å². The van der Waals surface area contributed by atoms with E-state index < -0.39 is 5.97 Å². The summed E-state index contributed by atoms with van der Waals surface area (Å²) in [6, 6.07) is 5.82. The second-order valence-corrected chi connectivity index (χ2v) is 4.56. The highest BCUT2D eigenvalue weighted by atomic mass is 19.1. The quantitative estimate of drug-likeness (QED) is 0.872. The topological polar surface area (TPSA) is 64.2 Å². The summed E-state index contributed by atoms with van der Waals surface area (Å²) in [4.78, 5) is 12.1. The van der Waals surface area contributed by atoms with Crippen molar-refractivity contribution < 1.29 is 18.7 Å². The Bertz CT molecular complexity index is 603. The van der Waals surface area contributed by atoms with Crippen molar-refractivity contribution in [3.05, 3.63) is 41.8 Å². The molecule has 0 aliphatic carbocycles. The van der Waals surface area contributed by atoms with Gasteiger partial charge in [0, 0.05) is 12.0 Å². The molecule has 0 unspecified atom stereocenters. The average Bonchev–Trinajstić information content (AvgIpc) is 3.10. The van der Waals surface area contributed by atoms with E-state index in [-0.39, 0.29) is 11.9 Å². The predicted octanol–water partition coefficient (Wildman–Crippen LogP) is 2.16. The number of nitrogens with one attached hydrogen (secondary N) is 1. The number of carbonyl (C=O) groups is 1. The van der Waals surface area contributed by atoms with Crippen LogP contribution in [0.2, 0.25) is 0 Å². The second-order valence-electron chi connectivity index (χ2n) is 4.56. The van der Waals surface area contributed by atoms with Gasteiger partial charge in [-0.1, -0.05) is 0 Å². The fourth-order valence-electron chi connectivity index (χ4n) is 2.10. The number of benzene rings is 1. The monoisotopic (exact) mass is 276 g/mol. The zero-order chi connectivity index (χ0) is 13.9. The third-order valence-electron chi connectivity index (χ3n) is 3.15. The molecule has 2 aromatic rings. The lowest BCUT2D eigenvalue weighted by Gasteiger charge is -2.10. The lowest BCUT2D eigenvalue weighted by atomic mass is 10.1. The Morgan fingerprint density at radius 2 is 2.20 bits per heavy atom. The molecule has 0 amide bonds. The molecule has 5 nitrogen and oxygen atoms in total. The van der Waals surface area contributed by atoms with Gasteiger partial charge in [0.25, 0.3) is 0 Å². The maximum atomic E-state index is 12.9. The molecule has 1 saturated heterocycles. The second kappa shape index (κ2) is 5.42. The van der Waals surface area contributed by atoms with E-state index in [4.69, 9.17) is 9.47 Å². The smallest absolute Gasteiger partial charge is 0.342 e. The zero-order valence-corrected chi connectivity index (χ0v) is 10.6. The molecule has 1 atom stereocenters. The van der Waals surface area contributed by atoms with E-state index in [1.165, 1.54) is 18.3 Å². The van der Waals surface area contributed by atoms with Crippen LogP contribution in [0.25, 0.3) is 11.3 Å². The summed E-state index contributed by atoms with van der Waals surface area (Å²) in [6.07, 6.45) is 1.91. The zero-order valence-electron chi connectivity index (χ0n) is 10.6. The van der Waals surface area contributed by atoms with Crippen molar-refractivity contribution >= 4 is 5.97 Å². The van der Waals surface area contributed by atoms with Gasteiger partial charge in [-0.2, -0.15) is 5.10 Å². The Balaban J connectivity index is 1.82. The summed E-state index contributed by atoms with van der Waals surface area (Å²) in [5, 5.41) is 6.61. The molecule has 0 saturated carbocycles. The molecule has 6 heteroatoms. The Hall–Kier alpha value is -2.21. The molecule has 0 spiro atoms. The van der Waals surface area contributed by atoms with Crippen molar-refractivity contribution in [2.24, 2.45) is 0 Å². The summed E-state index contributed by atoms with van der Waals surface area (Å²) in [6.45, 7) is 1.03. The van der Waals surface area contributed by atoms with Gasteiger partial charge < -0.3 is 9.47 Å². The Morgan fingerprint density at radius 3 is 2.90 bits per heavy atom. The number of ether oxygens (including phenoxy) is 2. The van der Waals surface area contributed by atoms with Crippen molar-refractivity contribution in [2.75, 3.05) is 13.2 Å². The largest absolute Gasteiger partial charge is 0.456 e. The highest BCUT2D eigenvalue weighted by molar-refractivity contribution is 5.96. The molecule has 0 radical (unpaired) electrons. The van der Waals surface area contributed by atoms with Crippen LogP contribution in [0.3, 0.4) is 0 Å². The summed E-state index contributed by atoms with van der Waals surface area (Å²) in [5.41, 5.74) is 1.54. The molecule has 20 heavy (non-hydrogen) atoms. The van der Waals surface area contributed by atoms with E-state index in [1.807, 2.05) is 0 Å². The van der Waals surface area contributed by atoms with E-state index in [9.17, 15) is 9.18 Å². The first kappa shape index (κ1) is 12.8. The number of hydrogen-bond acceptors (Lipinski definition) is 4. The van der Waals surface area contributed by atoms with Crippen LogP contribution in [-0.4, -0.2) is 35.5 Å². The fraction of sp³-hybridized carbons (Fsp3) is 0.286. The molecule has 2 heterocycles. The highest BCUT2D eigenvalue weighted by Gasteiger charge is 2.23. The van der Waals surface area contributed by atoms with Crippen LogP contribution >= 0.6 is 0 Å². The Morgan fingerprint density at radius 1 is 1.40 bits per heavy atom. The molecule has 104 valence electrons. The van der Waals surface area contributed by atoms with Crippen molar-refractivity contribution in [3.63, 3.8) is 0 Å². The number of halogens is 1. The van der Waals surface area contributed by atoms with E-state index in [0.29, 0.717) is 36.5 Å². The minimum atomic E-state index is -0.450. The number of rotatable bonds is 3. The lowest BCUT2D eigenvalue weighted by Crippen LogP contribution is -2.18. The van der Waals surface area contributed by atoms with Gasteiger partial charge in [-0.15, -0.1) is 0 Å². The van der Waals surface area contributed by atoms with E-state index in [0.717, 1.165) is 0 Å². The number of aromatic amines is 1. The minimum Gasteiger partial charge on any atom is -0.456 e. The number of hydrogen-bond donors (Lipinski definition) is 1. The maximum Gasteiger partial charge on any atom is 0.342 e. The van der Waals surface area contributed by atoms with Crippen molar-refractivity contribution in [1.29, 1.82) is 0 Å². The SMILES string of the molecule is O=C(O[C@H]1CCOC1)c1cn[nH]c1-c1ccc(F)cc1. The predicted molar refractivity (Wildman–Crippen MR) is 68.6 cm³/mol. The average molecular weight is 276 g/mol.